The van der Waals surface area contributed by atoms with Gasteiger partial charge in [0.15, 0.2) is 0 Å². The SMILES string of the molecule is CC(C)Nc1cncc(-c2cc3c(-c4cc5c(N6CCN(C)CC6)ccnc5[nH]4)n[nH]c3cn2)c1. The fourth-order valence-corrected chi connectivity index (χ4v) is 4.74. The second-order valence-corrected chi connectivity index (χ2v) is 9.51. The average Bonchev–Trinajstić information content (AvgIpc) is 3.48. The summed E-state index contributed by atoms with van der Waals surface area (Å²) in [5.41, 5.74) is 7.56. The molecule has 5 aromatic heterocycles. The molecule has 178 valence electrons. The molecule has 1 fully saturated rings. The summed E-state index contributed by atoms with van der Waals surface area (Å²) in [4.78, 5) is 22.0. The van der Waals surface area contributed by atoms with Crippen LogP contribution in [0.1, 0.15) is 13.8 Å². The van der Waals surface area contributed by atoms with Crippen LogP contribution in [0.5, 0.6) is 0 Å². The largest absolute Gasteiger partial charge is 0.382 e. The summed E-state index contributed by atoms with van der Waals surface area (Å²) in [7, 11) is 2.17. The van der Waals surface area contributed by atoms with Crippen molar-refractivity contribution >= 4 is 33.3 Å². The van der Waals surface area contributed by atoms with Crippen molar-refractivity contribution in [1.82, 2.24) is 35.0 Å². The number of rotatable bonds is 5. The number of piperazine rings is 1. The number of hydrogen-bond donors (Lipinski definition) is 3. The third kappa shape index (κ3) is 4.08. The molecule has 0 unspecified atom stereocenters. The van der Waals surface area contributed by atoms with Crippen LogP contribution in [0.25, 0.3) is 44.6 Å². The third-order valence-corrected chi connectivity index (χ3v) is 6.54. The zero-order valence-corrected chi connectivity index (χ0v) is 20.2. The van der Waals surface area contributed by atoms with Gasteiger partial charge in [-0.05, 0) is 45.2 Å². The topological polar surface area (TPSA) is 102 Å². The Balaban J connectivity index is 1.39. The highest BCUT2D eigenvalue weighted by atomic mass is 15.2. The molecule has 0 radical (unpaired) electrons. The van der Waals surface area contributed by atoms with E-state index in [1.54, 1.807) is 0 Å². The van der Waals surface area contributed by atoms with Crippen LogP contribution in [0.4, 0.5) is 11.4 Å². The first-order chi connectivity index (χ1) is 17.0. The smallest absolute Gasteiger partial charge is 0.139 e. The fourth-order valence-electron chi connectivity index (χ4n) is 4.74. The van der Waals surface area contributed by atoms with Gasteiger partial charge in [0.1, 0.15) is 11.3 Å². The lowest BCUT2D eigenvalue weighted by atomic mass is 10.1. The van der Waals surface area contributed by atoms with Gasteiger partial charge in [-0.3, -0.25) is 15.1 Å². The van der Waals surface area contributed by atoms with E-state index in [-0.39, 0.29) is 0 Å². The van der Waals surface area contributed by atoms with Crippen LogP contribution in [0, 0.1) is 0 Å². The molecule has 6 heterocycles. The monoisotopic (exact) mass is 467 g/mol. The van der Waals surface area contributed by atoms with E-state index in [1.165, 1.54) is 5.69 Å². The standard InChI is InChI=1S/C26H29N9/c1-16(2)30-18-10-17(13-27-14-18)21-11-19-23(15-29-21)32-33-25(19)22-12-20-24(4-5-28-26(20)31-22)35-8-6-34(3)7-9-35/h4-5,10-16,30H,6-9H2,1-3H3,(H,28,31)(H,32,33). The first-order valence-corrected chi connectivity index (χ1v) is 12.0. The predicted molar refractivity (Wildman–Crippen MR) is 141 cm³/mol. The molecule has 0 spiro atoms. The van der Waals surface area contributed by atoms with Gasteiger partial charge in [0.2, 0.25) is 0 Å². The lowest BCUT2D eigenvalue weighted by molar-refractivity contribution is 0.313. The maximum absolute atomic E-state index is 4.66. The minimum absolute atomic E-state index is 0.328. The van der Waals surface area contributed by atoms with Crippen molar-refractivity contribution in [1.29, 1.82) is 0 Å². The first kappa shape index (κ1) is 21.5. The van der Waals surface area contributed by atoms with E-state index in [4.69, 9.17) is 0 Å². The number of fused-ring (bicyclic) bond motifs is 2. The minimum Gasteiger partial charge on any atom is -0.382 e. The van der Waals surface area contributed by atoms with Crippen LogP contribution >= 0.6 is 0 Å². The number of hydrogen-bond acceptors (Lipinski definition) is 7. The molecule has 0 amide bonds. The van der Waals surface area contributed by atoms with Crippen LogP contribution in [-0.2, 0) is 0 Å². The number of aromatic nitrogens is 6. The molecule has 1 saturated heterocycles. The molecule has 5 aromatic rings. The Hall–Kier alpha value is -3.98. The summed E-state index contributed by atoms with van der Waals surface area (Å²) in [5.74, 6) is 0. The molecule has 6 rings (SSSR count). The van der Waals surface area contributed by atoms with Gasteiger partial charge in [0.25, 0.3) is 0 Å². The minimum atomic E-state index is 0.328. The van der Waals surface area contributed by atoms with E-state index in [2.05, 4.69) is 90.4 Å². The van der Waals surface area contributed by atoms with E-state index in [0.29, 0.717) is 6.04 Å². The summed E-state index contributed by atoms with van der Waals surface area (Å²) >= 11 is 0. The number of anilines is 2. The van der Waals surface area contributed by atoms with E-state index < -0.39 is 0 Å². The number of likely N-dealkylation sites (N-methyl/N-ethyl adjacent to an activating group) is 1. The van der Waals surface area contributed by atoms with Gasteiger partial charge in [-0.15, -0.1) is 0 Å². The molecule has 1 aliphatic rings. The lowest BCUT2D eigenvalue weighted by Gasteiger charge is -2.34. The Morgan fingerprint density at radius 1 is 0.971 bits per heavy atom. The van der Waals surface area contributed by atoms with Crippen molar-refractivity contribution in [2.24, 2.45) is 0 Å². The first-order valence-electron chi connectivity index (χ1n) is 12.0. The molecule has 9 nitrogen and oxygen atoms in total. The van der Waals surface area contributed by atoms with Gasteiger partial charge in [0.05, 0.1) is 28.8 Å². The third-order valence-electron chi connectivity index (χ3n) is 6.54. The highest BCUT2D eigenvalue weighted by molar-refractivity contribution is 5.99. The van der Waals surface area contributed by atoms with Crippen LogP contribution in [-0.4, -0.2) is 74.3 Å². The summed E-state index contributed by atoms with van der Waals surface area (Å²) in [6.07, 6.45) is 7.39. The van der Waals surface area contributed by atoms with Crippen molar-refractivity contribution in [3.8, 4) is 22.6 Å². The number of H-pyrrole nitrogens is 2. The molecule has 1 aliphatic heterocycles. The molecule has 0 atom stereocenters. The second-order valence-electron chi connectivity index (χ2n) is 9.51. The zero-order valence-electron chi connectivity index (χ0n) is 20.2. The number of nitrogens with one attached hydrogen (secondary N) is 3. The van der Waals surface area contributed by atoms with E-state index in [9.17, 15) is 0 Å². The van der Waals surface area contributed by atoms with Crippen molar-refractivity contribution in [2.75, 3.05) is 43.4 Å². The number of nitrogens with zero attached hydrogens (tertiary/aromatic N) is 6. The Morgan fingerprint density at radius 3 is 2.66 bits per heavy atom. The van der Waals surface area contributed by atoms with Gasteiger partial charge < -0.3 is 20.1 Å². The molecule has 0 bridgehead atoms. The molecule has 9 heteroatoms. The van der Waals surface area contributed by atoms with Crippen molar-refractivity contribution in [3.63, 3.8) is 0 Å². The van der Waals surface area contributed by atoms with Crippen LogP contribution in [0.3, 0.4) is 0 Å². The molecular formula is C26H29N9. The molecule has 0 aliphatic carbocycles. The molecule has 0 aromatic carbocycles. The predicted octanol–water partition coefficient (Wildman–Crippen LogP) is 4.14. The van der Waals surface area contributed by atoms with Gasteiger partial charge in [-0.25, -0.2) is 4.98 Å². The van der Waals surface area contributed by atoms with Crippen molar-refractivity contribution < 1.29 is 0 Å². The van der Waals surface area contributed by atoms with Crippen LogP contribution in [0.15, 0.2) is 49.1 Å². The van der Waals surface area contributed by atoms with E-state index in [0.717, 1.165) is 76.4 Å². The normalized spacial score (nSPS) is 14.9. The summed E-state index contributed by atoms with van der Waals surface area (Å²) in [5, 5.41) is 13.3. The molecule has 35 heavy (non-hydrogen) atoms. The Bertz CT molecular complexity index is 1490. The Labute approximate surface area is 203 Å². The highest BCUT2D eigenvalue weighted by Crippen LogP contribution is 2.34. The second kappa shape index (κ2) is 8.66. The van der Waals surface area contributed by atoms with E-state index >= 15 is 0 Å². The summed E-state index contributed by atoms with van der Waals surface area (Å²) in [6, 6.07) is 8.76. The Kier molecular flexibility index (Phi) is 5.33. The number of pyridine rings is 3. The van der Waals surface area contributed by atoms with E-state index in [1.807, 2.05) is 24.8 Å². The van der Waals surface area contributed by atoms with Crippen LogP contribution in [0.2, 0.25) is 0 Å². The van der Waals surface area contributed by atoms with Gasteiger partial charge in [-0.2, -0.15) is 5.10 Å². The zero-order chi connectivity index (χ0) is 23.9. The van der Waals surface area contributed by atoms with Crippen molar-refractivity contribution in [3.05, 3.63) is 49.1 Å². The maximum Gasteiger partial charge on any atom is 0.139 e. The quantitative estimate of drug-likeness (QED) is 0.357. The van der Waals surface area contributed by atoms with Crippen LogP contribution < -0.4 is 10.2 Å². The fraction of sp³-hybridized carbons (Fsp3) is 0.308. The van der Waals surface area contributed by atoms with Gasteiger partial charge in [0, 0.05) is 72.8 Å². The maximum atomic E-state index is 4.66. The summed E-state index contributed by atoms with van der Waals surface area (Å²) < 4.78 is 0. The molecular weight excluding hydrogens is 438 g/mol. The lowest BCUT2D eigenvalue weighted by Crippen LogP contribution is -2.44. The molecule has 0 saturated carbocycles. The average molecular weight is 468 g/mol. The van der Waals surface area contributed by atoms with Gasteiger partial charge in [-0.1, -0.05) is 0 Å². The Morgan fingerprint density at radius 2 is 1.83 bits per heavy atom. The molecule has 3 N–H and O–H groups in total. The van der Waals surface area contributed by atoms with Crippen molar-refractivity contribution in [2.45, 2.75) is 19.9 Å². The summed E-state index contributed by atoms with van der Waals surface area (Å²) in [6.45, 7) is 8.36. The highest BCUT2D eigenvalue weighted by Gasteiger charge is 2.19. The number of aromatic amines is 2. The van der Waals surface area contributed by atoms with Gasteiger partial charge >= 0.3 is 0 Å².